The van der Waals surface area contributed by atoms with Crippen LogP contribution in [-0.2, 0) is 11.2 Å². The Bertz CT molecular complexity index is 1200. The number of rotatable bonds is 6. The molecule has 0 unspecified atom stereocenters. The van der Waals surface area contributed by atoms with E-state index in [1.807, 2.05) is 60.7 Å². The van der Waals surface area contributed by atoms with E-state index in [1.54, 1.807) is 0 Å². The minimum atomic E-state index is -0.164. The lowest BCUT2D eigenvalue weighted by Crippen LogP contribution is -2.30. The molecule has 0 radical (unpaired) electrons. The first kappa shape index (κ1) is 17.4. The average molecular weight is 389 g/mol. The molecule has 4 aromatic rings. The molecule has 146 valence electrons. The molecule has 0 spiro atoms. The first-order valence-corrected chi connectivity index (χ1v) is 9.45. The van der Waals surface area contributed by atoms with E-state index in [9.17, 15) is 4.79 Å². The monoisotopic (exact) mass is 389 g/mol. The van der Waals surface area contributed by atoms with Crippen molar-refractivity contribution in [1.82, 2.24) is 5.32 Å². The van der Waals surface area contributed by atoms with Crippen LogP contribution in [0.1, 0.15) is 5.56 Å². The Kier molecular flexibility index (Phi) is 4.44. The van der Waals surface area contributed by atoms with Crippen molar-refractivity contribution in [3.05, 3.63) is 66.2 Å². The maximum absolute atomic E-state index is 12.1. The van der Waals surface area contributed by atoms with Gasteiger partial charge in [-0.25, -0.2) is 0 Å². The van der Waals surface area contributed by atoms with E-state index in [2.05, 4.69) is 5.32 Å². The molecular weight excluding hydrogens is 370 g/mol. The Morgan fingerprint density at radius 2 is 1.79 bits per heavy atom. The van der Waals surface area contributed by atoms with Crippen molar-refractivity contribution in [3.63, 3.8) is 0 Å². The van der Waals surface area contributed by atoms with Gasteiger partial charge >= 0.3 is 0 Å². The third-order valence-electron chi connectivity index (χ3n) is 4.89. The molecule has 5 rings (SSSR count). The predicted molar refractivity (Wildman–Crippen MR) is 108 cm³/mol. The maximum atomic E-state index is 12.1. The lowest BCUT2D eigenvalue weighted by molar-refractivity contribution is -0.123. The summed E-state index contributed by atoms with van der Waals surface area (Å²) in [5.41, 5.74) is 2.71. The highest BCUT2D eigenvalue weighted by molar-refractivity contribution is 6.05. The molecule has 1 amide bonds. The van der Waals surface area contributed by atoms with Gasteiger partial charge in [0, 0.05) is 17.3 Å². The largest absolute Gasteiger partial charge is 0.484 e. The van der Waals surface area contributed by atoms with Crippen LogP contribution in [0.4, 0.5) is 0 Å². The molecule has 0 atom stereocenters. The number of para-hydroxylation sites is 1. The highest BCUT2D eigenvalue weighted by Gasteiger charge is 2.13. The number of nitrogens with one attached hydrogen (secondary N) is 1. The Hall–Kier alpha value is -3.67. The Labute approximate surface area is 167 Å². The number of carbonyl (C=O) groups excluding carboxylic acids is 1. The summed E-state index contributed by atoms with van der Waals surface area (Å²) in [4.78, 5) is 12.1. The molecule has 1 N–H and O–H groups in total. The minimum Gasteiger partial charge on any atom is -0.484 e. The topological polar surface area (TPSA) is 69.9 Å². The number of benzene rings is 3. The third-order valence-corrected chi connectivity index (χ3v) is 4.89. The molecule has 3 aromatic carbocycles. The van der Waals surface area contributed by atoms with Crippen LogP contribution in [0.3, 0.4) is 0 Å². The molecule has 6 heteroatoms. The van der Waals surface area contributed by atoms with Gasteiger partial charge in [0.1, 0.15) is 16.9 Å². The van der Waals surface area contributed by atoms with Crippen molar-refractivity contribution >= 4 is 27.8 Å². The second kappa shape index (κ2) is 7.39. The van der Waals surface area contributed by atoms with Gasteiger partial charge in [0.15, 0.2) is 18.1 Å². The Balaban J connectivity index is 1.16. The quantitative estimate of drug-likeness (QED) is 0.539. The highest BCUT2D eigenvalue weighted by atomic mass is 16.7. The zero-order valence-corrected chi connectivity index (χ0v) is 15.6. The zero-order valence-electron chi connectivity index (χ0n) is 15.6. The van der Waals surface area contributed by atoms with Crippen LogP contribution in [0.2, 0.25) is 0 Å². The summed E-state index contributed by atoms with van der Waals surface area (Å²) < 4.78 is 22.1. The molecule has 29 heavy (non-hydrogen) atoms. The molecular formula is C23H19NO5. The lowest BCUT2D eigenvalue weighted by atomic mass is 10.1. The van der Waals surface area contributed by atoms with Crippen molar-refractivity contribution in [2.24, 2.45) is 0 Å². The van der Waals surface area contributed by atoms with E-state index in [0.717, 1.165) is 39.0 Å². The lowest BCUT2D eigenvalue weighted by Gasteiger charge is -2.08. The Morgan fingerprint density at radius 3 is 2.76 bits per heavy atom. The summed E-state index contributed by atoms with van der Waals surface area (Å²) in [5.74, 6) is 1.98. The molecule has 0 fully saturated rings. The van der Waals surface area contributed by atoms with Crippen molar-refractivity contribution in [3.8, 4) is 17.2 Å². The van der Waals surface area contributed by atoms with Crippen LogP contribution in [0.5, 0.6) is 17.2 Å². The maximum Gasteiger partial charge on any atom is 0.257 e. The summed E-state index contributed by atoms with van der Waals surface area (Å²) in [6, 6.07) is 19.2. The molecule has 1 aliphatic heterocycles. The molecule has 0 aliphatic carbocycles. The molecule has 0 saturated carbocycles. The van der Waals surface area contributed by atoms with Crippen molar-refractivity contribution in [2.45, 2.75) is 6.42 Å². The number of carbonyl (C=O) groups is 1. The standard InChI is InChI=1S/C23H19NO5/c25-23(24-10-9-15-5-7-21-22(11-15)28-14-27-21)13-26-16-6-8-20-18(12-16)17-3-1-2-4-19(17)29-20/h1-8,11-12H,9-10,13-14H2,(H,24,25). The second-order valence-corrected chi connectivity index (χ2v) is 6.83. The van der Waals surface area contributed by atoms with Crippen LogP contribution in [0.25, 0.3) is 21.9 Å². The summed E-state index contributed by atoms with van der Waals surface area (Å²) in [5, 5.41) is 4.88. The Morgan fingerprint density at radius 1 is 0.931 bits per heavy atom. The van der Waals surface area contributed by atoms with Crippen LogP contribution in [0.15, 0.2) is 65.1 Å². The second-order valence-electron chi connectivity index (χ2n) is 6.83. The van der Waals surface area contributed by atoms with Gasteiger partial charge in [-0.2, -0.15) is 0 Å². The van der Waals surface area contributed by atoms with E-state index in [4.69, 9.17) is 18.6 Å². The predicted octanol–water partition coefficient (Wildman–Crippen LogP) is 4.05. The molecule has 1 aromatic heterocycles. The van der Waals surface area contributed by atoms with E-state index >= 15 is 0 Å². The molecule has 1 aliphatic rings. The average Bonchev–Trinajstić information content (AvgIpc) is 3.36. The van der Waals surface area contributed by atoms with Gasteiger partial charge in [0.25, 0.3) is 5.91 Å². The van der Waals surface area contributed by atoms with Crippen molar-refractivity contribution < 1.29 is 23.4 Å². The number of amides is 1. The van der Waals surface area contributed by atoms with Crippen LogP contribution < -0.4 is 19.5 Å². The summed E-state index contributed by atoms with van der Waals surface area (Å²) >= 11 is 0. The van der Waals surface area contributed by atoms with Gasteiger partial charge in [-0.1, -0.05) is 24.3 Å². The van der Waals surface area contributed by atoms with Crippen molar-refractivity contribution in [2.75, 3.05) is 19.9 Å². The van der Waals surface area contributed by atoms with E-state index in [-0.39, 0.29) is 19.3 Å². The van der Waals surface area contributed by atoms with Crippen LogP contribution in [-0.4, -0.2) is 25.9 Å². The number of hydrogen-bond donors (Lipinski definition) is 1. The van der Waals surface area contributed by atoms with Gasteiger partial charge in [0.2, 0.25) is 6.79 Å². The molecule has 2 heterocycles. The van der Waals surface area contributed by atoms with Gasteiger partial charge in [0.05, 0.1) is 0 Å². The molecule has 6 nitrogen and oxygen atoms in total. The van der Waals surface area contributed by atoms with Crippen molar-refractivity contribution in [1.29, 1.82) is 0 Å². The zero-order chi connectivity index (χ0) is 19.6. The summed E-state index contributed by atoms with van der Waals surface area (Å²) in [6.07, 6.45) is 0.704. The normalized spacial score (nSPS) is 12.4. The first-order chi connectivity index (χ1) is 14.3. The highest BCUT2D eigenvalue weighted by Crippen LogP contribution is 2.33. The van der Waals surface area contributed by atoms with E-state index < -0.39 is 0 Å². The number of ether oxygens (including phenoxy) is 3. The van der Waals surface area contributed by atoms with Gasteiger partial charge in [-0.15, -0.1) is 0 Å². The van der Waals surface area contributed by atoms with Gasteiger partial charge in [-0.3, -0.25) is 4.79 Å². The first-order valence-electron chi connectivity index (χ1n) is 9.45. The van der Waals surface area contributed by atoms with Gasteiger partial charge < -0.3 is 23.9 Å². The molecule has 0 bridgehead atoms. The van der Waals surface area contributed by atoms with Gasteiger partial charge in [-0.05, 0) is 48.4 Å². The number of hydrogen-bond acceptors (Lipinski definition) is 5. The fourth-order valence-electron chi connectivity index (χ4n) is 3.44. The van der Waals surface area contributed by atoms with Crippen LogP contribution >= 0.6 is 0 Å². The number of fused-ring (bicyclic) bond motifs is 4. The van der Waals surface area contributed by atoms with Crippen LogP contribution in [0, 0.1) is 0 Å². The fourth-order valence-corrected chi connectivity index (χ4v) is 3.44. The minimum absolute atomic E-state index is 0.0393. The van der Waals surface area contributed by atoms with E-state index in [0.29, 0.717) is 18.7 Å². The SMILES string of the molecule is O=C(COc1ccc2oc3ccccc3c2c1)NCCc1ccc2c(c1)OCO2. The molecule has 0 saturated heterocycles. The smallest absolute Gasteiger partial charge is 0.257 e. The van der Waals surface area contributed by atoms with E-state index in [1.165, 1.54) is 0 Å². The summed E-state index contributed by atoms with van der Waals surface area (Å²) in [6.45, 7) is 0.739. The fraction of sp³-hybridized carbons (Fsp3) is 0.174. The third kappa shape index (κ3) is 3.57. The number of furan rings is 1. The summed E-state index contributed by atoms with van der Waals surface area (Å²) in [7, 11) is 0.